The van der Waals surface area contributed by atoms with Crippen LogP contribution in [0.1, 0.15) is 44.7 Å². The van der Waals surface area contributed by atoms with Crippen molar-refractivity contribution in [2.75, 3.05) is 26.2 Å². The molecule has 170 valence electrons. The topological polar surface area (TPSA) is 84.9 Å². The van der Waals surface area contributed by atoms with Crippen LogP contribution in [0.25, 0.3) is 11.1 Å². The van der Waals surface area contributed by atoms with E-state index >= 15 is 0 Å². The van der Waals surface area contributed by atoms with Crippen LogP contribution in [0.3, 0.4) is 0 Å². The monoisotopic (exact) mass is 438 g/mol. The van der Waals surface area contributed by atoms with Crippen molar-refractivity contribution in [2.24, 2.45) is 0 Å². The average molecular weight is 439 g/mol. The lowest BCUT2D eigenvalue weighted by molar-refractivity contribution is -0.158. The van der Waals surface area contributed by atoms with Crippen molar-refractivity contribution >= 4 is 18.0 Å². The van der Waals surface area contributed by atoms with Crippen molar-refractivity contribution in [3.05, 3.63) is 59.7 Å². The first-order valence-electron chi connectivity index (χ1n) is 10.7. The van der Waals surface area contributed by atoms with Gasteiger partial charge in [-0.1, -0.05) is 48.5 Å². The first kappa shape index (κ1) is 23.3. The van der Waals surface area contributed by atoms with E-state index < -0.39 is 17.7 Å². The van der Waals surface area contributed by atoms with Crippen LogP contribution < -0.4 is 5.32 Å². The summed E-state index contributed by atoms with van der Waals surface area (Å²) in [6.07, 6.45) is -0.562. The van der Waals surface area contributed by atoms with E-state index in [1.165, 1.54) is 11.8 Å². The molecule has 2 aromatic rings. The van der Waals surface area contributed by atoms with Gasteiger partial charge in [-0.3, -0.25) is 9.59 Å². The van der Waals surface area contributed by atoms with Crippen LogP contribution in [0, 0.1) is 0 Å². The van der Waals surface area contributed by atoms with Gasteiger partial charge in [0.1, 0.15) is 18.8 Å². The third-order valence-corrected chi connectivity index (χ3v) is 5.18. The third kappa shape index (κ3) is 5.87. The molecule has 32 heavy (non-hydrogen) atoms. The second-order valence-electron chi connectivity index (χ2n) is 8.78. The zero-order valence-corrected chi connectivity index (χ0v) is 19.0. The molecule has 2 amide bonds. The van der Waals surface area contributed by atoms with Gasteiger partial charge in [0.05, 0.1) is 0 Å². The first-order valence-corrected chi connectivity index (χ1v) is 10.7. The summed E-state index contributed by atoms with van der Waals surface area (Å²) in [6, 6.07) is 16.3. The molecule has 0 atom stereocenters. The van der Waals surface area contributed by atoms with Crippen molar-refractivity contribution in [1.82, 2.24) is 10.2 Å². The summed E-state index contributed by atoms with van der Waals surface area (Å²) in [7, 11) is 0. The van der Waals surface area contributed by atoms with Crippen LogP contribution in [0.2, 0.25) is 0 Å². The van der Waals surface area contributed by atoms with Gasteiger partial charge in [0.15, 0.2) is 0 Å². The summed E-state index contributed by atoms with van der Waals surface area (Å²) in [6.45, 7) is 7.06. The van der Waals surface area contributed by atoms with Gasteiger partial charge >= 0.3 is 12.1 Å². The molecule has 1 aliphatic carbocycles. The van der Waals surface area contributed by atoms with Crippen molar-refractivity contribution in [1.29, 1.82) is 0 Å². The summed E-state index contributed by atoms with van der Waals surface area (Å²) < 4.78 is 10.7. The second kappa shape index (κ2) is 9.85. The maximum Gasteiger partial charge on any atom is 0.407 e. The molecule has 1 N–H and O–H groups in total. The molecule has 1 aliphatic rings. The van der Waals surface area contributed by atoms with Crippen LogP contribution in [0.5, 0.6) is 0 Å². The number of fused-ring (bicyclic) bond motifs is 3. The Morgan fingerprint density at radius 1 is 0.969 bits per heavy atom. The van der Waals surface area contributed by atoms with Crippen LogP contribution in [0.4, 0.5) is 4.79 Å². The Morgan fingerprint density at radius 3 is 2.06 bits per heavy atom. The van der Waals surface area contributed by atoms with Gasteiger partial charge in [0.25, 0.3) is 0 Å². The highest BCUT2D eigenvalue weighted by atomic mass is 16.6. The highest BCUT2D eigenvalue weighted by Crippen LogP contribution is 2.44. The number of alkyl carbamates (subject to hydrolysis) is 1. The largest absolute Gasteiger partial charge is 0.459 e. The molecular weight excluding hydrogens is 408 g/mol. The maximum atomic E-state index is 12.3. The number of nitrogens with zero attached hydrogens (tertiary/aromatic N) is 1. The van der Waals surface area contributed by atoms with Gasteiger partial charge in [0, 0.05) is 25.9 Å². The molecule has 0 spiro atoms. The number of ether oxygens (including phenoxy) is 2. The Bertz CT molecular complexity index is 950. The molecule has 7 nitrogen and oxygen atoms in total. The Morgan fingerprint density at radius 2 is 1.53 bits per heavy atom. The van der Waals surface area contributed by atoms with Gasteiger partial charge in [0.2, 0.25) is 5.91 Å². The second-order valence-corrected chi connectivity index (χ2v) is 8.78. The van der Waals surface area contributed by atoms with Crippen LogP contribution in [-0.4, -0.2) is 54.7 Å². The number of esters is 1. The first-order chi connectivity index (χ1) is 15.2. The van der Waals surface area contributed by atoms with Crippen molar-refractivity contribution in [3.63, 3.8) is 0 Å². The zero-order chi connectivity index (χ0) is 23.3. The number of carbonyl (C=O) groups excluding carboxylic acids is 3. The molecular formula is C25H30N2O5. The lowest BCUT2D eigenvalue weighted by atomic mass is 9.98. The molecule has 0 fully saturated rings. The molecule has 7 heteroatoms. The van der Waals surface area contributed by atoms with E-state index in [-0.39, 0.29) is 38.1 Å². The van der Waals surface area contributed by atoms with Crippen LogP contribution in [0.15, 0.2) is 48.5 Å². The van der Waals surface area contributed by atoms with E-state index in [2.05, 4.69) is 29.6 Å². The van der Waals surface area contributed by atoms with E-state index in [9.17, 15) is 14.4 Å². The fourth-order valence-electron chi connectivity index (χ4n) is 3.82. The summed E-state index contributed by atoms with van der Waals surface area (Å²) in [5, 5.41) is 2.65. The minimum Gasteiger partial charge on any atom is -0.459 e. The van der Waals surface area contributed by atoms with E-state index in [1.54, 1.807) is 20.8 Å². The van der Waals surface area contributed by atoms with E-state index in [4.69, 9.17) is 9.47 Å². The van der Waals surface area contributed by atoms with E-state index in [1.807, 2.05) is 24.3 Å². The number of rotatable bonds is 7. The normalized spacial score (nSPS) is 12.5. The van der Waals surface area contributed by atoms with Gasteiger partial charge in [-0.2, -0.15) is 0 Å². The SMILES string of the molecule is CC(=O)N(CCNC(=O)OCC1c2ccccc2-c2ccccc21)CC(=O)OC(C)(C)C. The van der Waals surface area contributed by atoms with Crippen molar-refractivity contribution in [3.8, 4) is 11.1 Å². The van der Waals surface area contributed by atoms with Crippen LogP contribution >= 0.6 is 0 Å². The molecule has 0 radical (unpaired) electrons. The smallest absolute Gasteiger partial charge is 0.407 e. The molecule has 0 saturated carbocycles. The minimum atomic E-state index is -0.626. The molecule has 0 heterocycles. The number of nitrogens with one attached hydrogen (secondary N) is 1. The Balaban J connectivity index is 1.50. The summed E-state index contributed by atoms with van der Waals surface area (Å²) in [4.78, 5) is 37.4. The van der Waals surface area contributed by atoms with Gasteiger partial charge in [-0.25, -0.2) is 4.79 Å². The summed E-state index contributed by atoms with van der Waals surface area (Å²) >= 11 is 0. The summed E-state index contributed by atoms with van der Waals surface area (Å²) in [5.74, 6) is -0.784. The minimum absolute atomic E-state index is 0.0194. The standard InChI is InChI=1S/C25H30N2O5/c1-17(28)27(15-23(29)32-25(2,3)4)14-13-26-24(30)31-16-22-20-11-7-5-9-18(20)19-10-6-8-12-21(19)22/h5-12,22H,13-16H2,1-4H3,(H,26,30). The van der Waals surface area contributed by atoms with Gasteiger partial charge < -0.3 is 19.7 Å². The molecule has 0 aromatic heterocycles. The van der Waals surface area contributed by atoms with Gasteiger partial charge in [-0.05, 0) is 43.0 Å². The van der Waals surface area contributed by atoms with E-state index in [0.717, 1.165) is 22.3 Å². The number of benzene rings is 2. The van der Waals surface area contributed by atoms with Crippen molar-refractivity contribution < 1.29 is 23.9 Å². The zero-order valence-electron chi connectivity index (χ0n) is 19.0. The Hall–Kier alpha value is -3.35. The fourth-order valence-corrected chi connectivity index (χ4v) is 3.82. The highest BCUT2D eigenvalue weighted by molar-refractivity contribution is 5.81. The quantitative estimate of drug-likeness (QED) is 0.666. The lowest BCUT2D eigenvalue weighted by Gasteiger charge is -2.24. The van der Waals surface area contributed by atoms with Gasteiger partial charge in [-0.15, -0.1) is 0 Å². The third-order valence-electron chi connectivity index (χ3n) is 5.18. The fraction of sp³-hybridized carbons (Fsp3) is 0.400. The maximum absolute atomic E-state index is 12.3. The Labute approximate surface area is 188 Å². The molecule has 0 aliphatic heterocycles. The lowest BCUT2D eigenvalue weighted by Crippen LogP contribution is -2.42. The Kier molecular flexibility index (Phi) is 7.18. The number of hydrogen-bond donors (Lipinski definition) is 1. The number of carbonyl (C=O) groups is 3. The summed E-state index contributed by atoms with van der Waals surface area (Å²) in [5.41, 5.74) is 3.98. The predicted octanol–water partition coefficient (Wildman–Crippen LogP) is 3.72. The average Bonchev–Trinajstić information content (AvgIpc) is 3.04. The van der Waals surface area contributed by atoms with E-state index in [0.29, 0.717) is 0 Å². The molecule has 3 rings (SSSR count). The molecule has 0 unspecified atom stereocenters. The molecule has 2 aromatic carbocycles. The number of hydrogen-bond acceptors (Lipinski definition) is 5. The van der Waals surface area contributed by atoms with Crippen molar-refractivity contribution in [2.45, 2.75) is 39.2 Å². The predicted molar refractivity (Wildman–Crippen MR) is 121 cm³/mol. The number of amides is 2. The van der Waals surface area contributed by atoms with Crippen LogP contribution in [-0.2, 0) is 19.1 Å². The molecule has 0 bridgehead atoms. The molecule has 0 saturated heterocycles. The highest BCUT2D eigenvalue weighted by Gasteiger charge is 2.29.